The molecule has 1 aliphatic rings. The molecule has 0 amide bonds. The molecular weight excluding hydrogens is 264 g/mol. The van der Waals surface area contributed by atoms with E-state index >= 15 is 0 Å². The summed E-state index contributed by atoms with van der Waals surface area (Å²) in [7, 11) is -3.58. The molecule has 6 heteroatoms. The van der Waals surface area contributed by atoms with Crippen molar-refractivity contribution in [2.24, 2.45) is 11.1 Å². The third-order valence-electron chi connectivity index (χ3n) is 3.45. The van der Waals surface area contributed by atoms with Crippen molar-refractivity contribution in [2.75, 3.05) is 13.2 Å². The quantitative estimate of drug-likeness (QED) is 0.886. The maximum absolute atomic E-state index is 11.6. The van der Waals surface area contributed by atoms with Crippen LogP contribution < -0.4 is 5.14 Å². The van der Waals surface area contributed by atoms with Crippen LogP contribution in [0.2, 0.25) is 0 Å². The van der Waals surface area contributed by atoms with Crippen LogP contribution in [0, 0.1) is 17.2 Å². The van der Waals surface area contributed by atoms with Gasteiger partial charge in [0.1, 0.15) is 0 Å². The van der Waals surface area contributed by atoms with Gasteiger partial charge in [0.2, 0.25) is 10.0 Å². The SMILES string of the molecule is N#Cc1ccccc1C[C@H]1COCC[C@H]1S(N)(=O)=O. The number of hydrogen-bond donors (Lipinski definition) is 1. The summed E-state index contributed by atoms with van der Waals surface area (Å²) in [6.07, 6.45) is 0.906. The van der Waals surface area contributed by atoms with E-state index < -0.39 is 15.3 Å². The molecule has 1 aliphatic heterocycles. The number of nitrogens with two attached hydrogens (primary N) is 1. The molecule has 0 bridgehead atoms. The van der Waals surface area contributed by atoms with Crippen molar-refractivity contribution in [2.45, 2.75) is 18.1 Å². The van der Waals surface area contributed by atoms with Crippen LogP contribution in [0.5, 0.6) is 0 Å². The van der Waals surface area contributed by atoms with Crippen molar-refractivity contribution in [3.05, 3.63) is 35.4 Å². The molecule has 2 atom stereocenters. The fourth-order valence-electron chi connectivity index (χ4n) is 2.49. The number of primary sulfonamides is 1. The summed E-state index contributed by atoms with van der Waals surface area (Å²) < 4.78 is 28.5. The van der Waals surface area contributed by atoms with Crippen molar-refractivity contribution < 1.29 is 13.2 Å². The van der Waals surface area contributed by atoms with Crippen LogP contribution in [-0.2, 0) is 21.2 Å². The van der Waals surface area contributed by atoms with Gasteiger partial charge in [-0.1, -0.05) is 18.2 Å². The largest absolute Gasteiger partial charge is 0.381 e. The number of nitriles is 1. The minimum Gasteiger partial charge on any atom is -0.381 e. The first-order valence-electron chi connectivity index (χ1n) is 6.09. The number of rotatable bonds is 3. The molecule has 0 aliphatic carbocycles. The highest BCUT2D eigenvalue weighted by Gasteiger charge is 2.34. The maximum Gasteiger partial charge on any atom is 0.212 e. The van der Waals surface area contributed by atoms with E-state index in [-0.39, 0.29) is 5.92 Å². The average molecular weight is 280 g/mol. The Balaban J connectivity index is 2.23. The minimum absolute atomic E-state index is 0.196. The van der Waals surface area contributed by atoms with E-state index in [0.29, 0.717) is 31.6 Å². The second-order valence-electron chi connectivity index (χ2n) is 4.72. The van der Waals surface area contributed by atoms with Crippen molar-refractivity contribution in [1.29, 1.82) is 5.26 Å². The van der Waals surface area contributed by atoms with Crippen LogP contribution >= 0.6 is 0 Å². The molecule has 102 valence electrons. The highest BCUT2D eigenvalue weighted by molar-refractivity contribution is 7.89. The Bertz CT molecular complexity index is 592. The Labute approximate surface area is 113 Å². The summed E-state index contributed by atoms with van der Waals surface area (Å²) >= 11 is 0. The van der Waals surface area contributed by atoms with Crippen LogP contribution in [0.1, 0.15) is 17.5 Å². The van der Waals surface area contributed by atoms with Gasteiger partial charge in [0.25, 0.3) is 0 Å². The first kappa shape index (κ1) is 14.0. The van der Waals surface area contributed by atoms with Gasteiger partial charge in [0.15, 0.2) is 0 Å². The van der Waals surface area contributed by atoms with Crippen molar-refractivity contribution >= 4 is 10.0 Å². The van der Waals surface area contributed by atoms with Crippen LogP contribution in [0.15, 0.2) is 24.3 Å². The molecular formula is C13H16N2O3S. The maximum atomic E-state index is 11.6. The Kier molecular flexibility index (Phi) is 4.20. The summed E-state index contributed by atoms with van der Waals surface area (Å²) in [5, 5.41) is 13.7. The van der Waals surface area contributed by atoms with E-state index in [4.69, 9.17) is 15.1 Å². The van der Waals surface area contributed by atoms with Gasteiger partial charge in [0, 0.05) is 12.5 Å². The fourth-order valence-corrected chi connectivity index (χ4v) is 3.63. The molecule has 0 radical (unpaired) electrons. The summed E-state index contributed by atoms with van der Waals surface area (Å²) in [6.45, 7) is 0.776. The molecule has 2 N–H and O–H groups in total. The number of hydrogen-bond acceptors (Lipinski definition) is 4. The predicted octanol–water partition coefficient (Wildman–Crippen LogP) is 0.794. The van der Waals surface area contributed by atoms with E-state index in [9.17, 15) is 8.42 Å². The molecule has 1 heterocycles. The highest BCUT2D eigenvalue weighted by Crippen LogP contribution is 2.25. The Hall–Kier alpha value is -1.42. The molecule has 2 rings (SSSR count). The lowest BCUT2D eigenvalue weighted by molar-refractivity contribution is 0.0572. The normalized spacial score (nSPS) is 23.8. The summed E-state index contributed by atoms with van der Waals surface area (Å²) in [6, 6.07) is 9.31. The van der Waals surface area contributed by atoms with Crippen molar-refractivity contribution in [3.8, 4) is 6.07 Å². The summed E-state index contributed by atoms with van der Waals surface area (Å²) in [5.41, 5.74) is 1.41. The lowest BCUT2D eigenvalue weighted by atomic mass is 9.91. The number of benzene rings is 1. The van der Waals surface area contributed by atoms with Gasteiger partial charge in [-0.25, -0.2) is 13.6 Å². The molecule has 5 nitrogen and oxygen atoms in total. The van der Waals surface area contributed by atoms with E-state index in [1.54, 1.807) is 12.1 Å². The van der Waals surface area contributed by atoms with Gasteiger partial charge in [0.05, 0.1) is 23.5 Å². The zero-order valence-electron chi connectivity index (χ0n) is 10.5. The first-order valence-corrected chi connectivity index (χ1v) is 7.70. The Morgan fingerprint density at radius 1 is 1.42 bits per heavy atom. The second kappa shape index (κ2) is 5.70. The van der Waals surface area contributed by atoms with Gasteiger partial charge < -0.3 is 4.74 Å². The topological polar surface area (TPSA) is 93.2 Å². The summed E-state index contributed by atoms with van der Waals surface area (Å²) in [5.74, 6) is -0.196. The fraction of sp³-hybridized carbons (Fsp3) is 0.462. The average Bonchev–Trinajstić information content (AvgIpc) is 2.39. The zero-order valence-corrected chi connectivity index (χ0v) is 11.3. The lowest BCUT2D eigenvalue weighted by Crippen LogP contribution is -2.42. The van der Waals surface area contributed by atoms with Crippen molar-refractivity contribution in [1.82, 2.24) is 0 Å². The second-order valence-corrected chi connectivity index (χ2v) is 6.51. The van der Waals surface area contributed by atoms with Crippen LogP contribution in [-0.4, -0.2) is 26.9 Å². The lowest BCUT2D eigenvalue weighted by Gasteiger charge is -2.30. The molecule has 1 saturated heterocycles. The first-order chi connectivity index (χ1) is 9.02. The third-order valence-corrected chi connectivity index (χ3v) is 4.91. The van der Waals surface area contributed by atoms with Crippen LogP contribution in [0.25, 0.3) is 0 Å². The molecule has 0 aromatic heterocycles. The molecule has 1 aromatic rings. The Morgan fingerprint density at radius 3 is 2.84 bits per heavy atom. The Morgan fingerprint density at radius 2 is 2.16 bits per heavy atom. The van der Waals surface area contributed by atoms with Gasteiger partial charge >= 0.3 is 0 Å². The molecule has 1 aromatic carbocycles. The van der Waals surface area contributed by atoms with E-state index in [2.05, 4.69) is 6.07 Å². The molecule has 1 fully saturated rings. The molecule has 19 heavy (non-hydrogen) atoms. The predicted molar refractivity (Wildman–Crippen MR) is 70.7 cm³/mol. The zero-order chi connectivity index (χ0) is 13.9. The van der Waals surface area contributed by atoms with E-state index in [1.807, 2.05) is 12.1 Å². The van der Waals surface area contributed by atoms with Gasteiger partial charge in [-0.05, 0) is 24.5 Å². The smallest absolute Gasteiger partial charge is 0.212 e. The number of nitrogens with zero attached hydrogens (tertiary/aromatic N) is 1. The number of sulfonamides is 1. The van der Waals surface area contributed by atoms with E-state index in [0.717, 1.165) is 5.56 Å². The van der Waals surface area contributed by atoms with Gasteiger partial charge in [-0.3, -0.25) is 0 Å². The molecule has 0 saturated carbocycles. The molecule has 0 unspecified atom stereocenters. The monoisotopic (exact) mass is 280 g/mol. The number of ether oxygens (including phenoxy) is 1. The van der Waals surface area contributed by atoms with Crippen molar-refractivity contribution in [3.63, 3.8) is 0 Å². The minimum atomic E-state index is -3.58. The standard InChI is InChI=1S/C13H16N2O3S/c14-8-11-4-2-1-3-10(11)7-12-9-18-6-5-13(12)19(15,16)17/h1-4,12-13H,5-7,9H2,(H2,15,16,17)/t12-,13+/m0/s1. The summed E-state index contributed by atoms with van der Waals surface area (Å²) in [4.78, 5) is 0. The highest BCUT2D eigenvalue weighted by atomic mass is 32.2. The third kappa shape index (κ3) is 3.32. The van der Waals surface area contributed by atoms with E-state index in [1.165, 1.54) is 0 Å². The van der Waals surface area contributed by atoms with Crippen LogP contribution in [0.3, 0.4) is 0 Å². The molecule has 0 spiro atoms. The van der Waals surface area contributed by atoms with Gasteiger partial charge in [-0.15, -0.1) is 0 Å². The van der Waals surface area contributed by atoms with Crippen LogP contribution in [0.4, 0.5) is 0 Å². The van der Waals surface area contributed by atoms with Gasteiger partial charge in [-0.2, -0.15) is 5.26 Å².